The van der Waals surface area contributed by atoms with Crippen molar-refractivity contribution in [1.29, 1.82) is 0 Å². The molecule has 0 aromatic rings. The predicted octanol–water partition coefficient (Wildman–Crippen LogP) is 12.3. The molecule has 0 fully saturated rings. The summed E-state index contributed by atoms with van der Waals surface area (Å²) < 4.78 is 11.0. The van der Waals surface area contributed by atoms with E-state index >= 15 is 0 Å². The molecular weight excluding hydrogens is 965 g/mol. The fourth-order valence-corrected chi connectivity index (χ4v) is 8.65. The molecule has 0 aromatic heterocycles. The van der Waals surface area contributed by atoms with Gasteiger partial charge in [0.25, 0.3) is 0 Å². The van der Waals surface area contributed by atoms with Crippen molar-refractivity contribution in [3.05, 3.63) is 106 Å². The number of carboxylic acid groups (broad SMARTS) is 2. The number of aliphatic carboxylic acids is 2. The van der Waals surface area contributed by atoms with Crippen molar-refractivity contribution in [3.63, 3.8) is 0 Å². The summed E-state index contributed by atoms with van der Waals surface area (Å²) in [6.45, 7) is 28.5. The van der Waals surface area contributed by atoms with Crippen molar-refractivity contribution >= 4 is 59.5 Å². The molecule has 0 aliphatic carbocycles. The Labute approximate surface area is 446 Å². The molecule has 0 aliphatic heterocycles. The summed E-state index contributed by atoms with van der Waals surface area (Å²) in [7, 11) is 0. The van der Waals surface area contributed by atoms with Crippen LogP contribution in [0.25, 0.3) is 0 Å². The van der Waals surface area contributed by atoms with Gasteiger partial charge in [-0.3, -0.25) is 9.59 Å². The van der Waals surface area contributed by atoms with E-state index in [1.165, 1.54) is 57.5 Å². The van der Waals surface area contributed by atoms with Gasteiger partial charge in [-0.15, -0.1) is 0 Å². The van der Waals surface area contributed by atoms with Gasteiger partial charge in [-0.1, -0.05) is 101 Å². The van der Waals surface area contributed by atoms with E-state index in [1.807, 2.05) is 27.7 Å². The van der Waals surface area contributed by atoms with Gasteiger partial charge in [-0.25, -0.2) is 19.2 Å². The topological polar surface area (TPSA) is 209 Å². The van der Waals surface area contributed by atoms with Gasteiger partial charge in [0, 0.05) is 23.0 Å². The lowest BCUT2D eigenvalue weighted by atomic mass is 9.98. The highest BCUT2D eigenvalue weighted by molar-refractivity contribution is 7.99. The van der Waals surface area contributed by atoms with Gasteiger partial charge >= 0.3 is 24.1 Å². The van der Waals surface area contributed by atoms with Crippen LogP contribution in [0.4, 0.5) is 9.59 Å². The normalized spacial score (nSPS) is 14.4. The fourth-order valence-electron chi connectivity index (χ4n) is 6.65. The molecule has 3 atom stereocenters. The minimum absolute atomic E-state index is 0.136. The standard InChI is InChI=1S/C57H90N4O10S2/c1-15-21-46(22-16-2)50(51(63)60-48(53(66)67)39-73-36-33-45(9)29-19-26-41(5)24-17-23-40(3)4)61-55(69)71-57(13,14)34-31-43(7)28-18-25-42(6)27-20-30-44(8)32-35-72-38-47(52(64)65)59-49(62)37-58-54(68)70-56(10,11)12/h15-16,21-23,26-28,32-33,47-48,50H,1,17-20,24-25,29-31,34-39H2,2-14H3,(H,58,68)(H,59,62)(H,60,63)(H,61,69)(H,64,65)(H,66,67)/b22-16-,41-26+,42-27+,43-28+,44-32+,45-33+,46-21+/t47-,48-,50-/m0/s1. The first kappa shape index (κ1) is 67.8. The quantitative estimate of drug-likeness (QED) is 0.0199. The third kappa shape index (κ3) is 36.4. The molecule has 0 aliphatic rings. The van der Waals surface area contributed by atoms with Crippen LogP contribution in [0.2, 0.25) is 0 Å². The lowest BCUT2D eigenvalue weighted by Crippen LogP contribution is -2.53. The molecule has 0 spiro atoms. The Hall–Kier alpha value is -5.22. The minimum Gasteiger partial charge on any atom is -0.480 e. The summed E-state index contributed by atoms with van der Waals surface area (Å²) in [6, 6.07) is -3.53. The van der Waals surface area contributed by atoms with E-state index in [2.05, 4.69) is 98.9 Å². The van der Waals surface area contributed by atoms with Gasteiger partial charge in [0.2, 0.25) is 11.8 Å². The molecule has 0 saturated carbocycles. The number of hydrogen-bond donors (Lipinski definition) is 6. The van der Waals surface area contributed by atoms with Crippen LogP contribution in [0.3, 0.4) is 0 Å². The molecule has 16 heteroatoms. The summed E-state index contributed by atoms with van der Waals surface area (Å²) in [4.78, 5) is 75.2. The third-order valence-electron chi connectivity index (χ3n) is 10.9. The van der Waals surface area contributed by atoms with Crippen LogP contribution < -0.4 is 21.3 Å². The lowest BCUT2D eigenvalue weighted by Gasteiger charge is -2.28. The number of thioether (sulfide) groups is 2. The second kappa shape index (κ2) is 37.5. The van der Waals surface area contributed by atoms with Gasteiger partial charge < -0.3 is 41.0 Å². The number of carboxylic acids is 2. The first-order chi connectivity index (χ1) is 34.2. The number of carbonyl (C=O) groups excluding carboxylic acids is 4. The molecule has 410 valence electrons. The summed E-state index contributed by atoms with van der Waals surface area (Å²) in [5, 5.41) is 29.7. The van der Waals surface area contributed by atoms with Crippen LogP contribution in [0, 0.1) is 0 Å². The molecule has 0 unspecified atom stereocenters. The molecule has 0 saturated heterocycles. The highest BCUT2D eigenvalue weighted by Gasteiger charge is 2.31. The summed E-state index contributed by atoms with van der Waals surface area (Å²) in [5.74, 6) is -2.14. The highest BCUT2D eigenvalue weighted by Crippen LogP contribution is 2.22. The number of nitrogens with one attached hydrogen (secondary N) is 4. The molecule has 14 nitrogen and oxygen atoms in total. The molecule has 0 bridgehead atoms. The molecule has 73 heavy (non-hydrogen) atoms. The Bertz CT molecular complexity index is 2050. The highest BCUT2D eigenvalue weighted by atomic mass is 32.2. The molecular formula is C57H90N4O10S2. The van der Waals surface area contributed by atoms with Gasteiger partial charge in [0.05, 0.1) is 0 Å². The lowest BCUT2D eigenvalue weighted by molar-refractivity contribution is -0.141. The van der Waals surface area contributed by atoms with Crippen LogP contribution in [-0.2, 0) is 28.7 Å². The van der Waals surface area contributed by atoms with E-state index in [4.69, 9.17) is 9.47 Å². The number of alkyl carbamates (subject to hydrolysis) is 2. The summed E-state index contributed by atoms with van der Waals surface area (Å²) in [6.07, 6.45) is 26.6. The second-order valence-electron chi connectivity index (χ2n) is 20.1. The van der Waals surface area contributed by atoms with E-state index in [0.717, 1.165) is 56.9 Å². The second-order valence-corrected chi connectivity index (χ2v) is 22.3. The zero-order valence-electron chi connectivity index (χ0n) is 46.3. The minimum atomic E-state index is -1.24. The van der Waals surface area contributed by atoms with E-state index in [1.54, 1.807) is 45.9 Å². The smallest absolute Gasteiger partial charge is 0.408 e. The van der Waals surface area contributed by atoms with Crippen LogP contribution >= 0.6 is 23.5 Å². The van der Waals surface area contributed by atoms with Crippen LogP contribution in [0.1, 0.15) is 154 Å². The number of amides is 4. The molecule has 0 rings (SSSR count). The zero-order valence-corrected chi connectivity index (χ0v) is 47.9. The van der Waals surface area contributed by atoms with Gasteiger partial charge in [-0.2, -0.15) is 23.5 Å². The predicted molar refractivity (Wildman–Crippen MR) is 303 cm³/mol. The maximum Gasteiger partial charge on any atom is 0.408 e. The van der Waals surface area contributed by atoms with Crippen molar-refractivity contribution in [3.8, 4) is 0 Å². The summed E-state index contributed by atoms with van der Waals surface area (Å²) >= 11 is 2.81. The Morgan fingerprint density at radius 3 is 1.49 bits per heavy atom. The Balaban J connectivity index is 5.16. The maximum absolute atomic E-state index is 13.7. The van der Waals surface area contributed by atoms with Crippen LogP contribution in [0.15, 0.2) is 106 Å². The molecule has 4 amide bonds. The van der Waals surface area contributed by atoms with Crippen molar-refractivity contribution in [1.82, 2.24) is 21.3 Å². The zero-order chi connectivity index (χ0) is 55.6. The third-order valence-corrected chi connectivity index (χ3v) is 12.9. The van der Waals surface area contributed by atoms with E-state index in [0.29, 0.717) is 29.9 Å². The van der Waals surface area contributed by atoms with E-state index in [-0.39, 0.29) is 11.5 Å². The Morgan fingerprint density at radius 1 is 0.603 bits per heavy atom. The summed E-state index contributed by atoms with van der Waals surface area (Å²) in [5.41, 5.74) is 6.32. The Kier molecular flexibility index (Phi) is 34.8. The molecule has 0 radical (unpaired) electrons. The largest absolute Gasteiger partial charge is 0.480 e. The number of allylic oxidation sites excluding steroid dienone is 13. The van der Waals surface area contributed by atoms with E-state index < -0.39 is 71.8 Å². The monoisotopic (exact) mass is 1050 g/mol. The fraction of sp³-hybridized carbons (Fsp3) is 0.579. The maximum atomic E-state index is 13.7. The number of rotatable bonds is 35. The number of ether oxygens (including phenoxy) is 2. The average molecular weight is 1060 g/mol. The van der Waals surface area contributed by atoms with Crippen LogP contribution in [0.5, 0.6) is 0 Å². The molecule has 0 aromatic carbocycles. The SMILES string of the molecule is C=C/C=C(\C=C/C)[C@H](NC(=O)OC(C)(C)CC/C(C)=C/CC/C(C)=C/CC/C(C)=C/CSC[C@H](NC(=O)CNC(=O)OC(C)(C)C)C(=O)O)C(=O)N[C@@H](CSC/C=C(\C)CC/C=C(\C)CCC=C(C)C)C(=O)O. The van der Waals surface area contributed by atoms with Crippen LogP contribution in [-0.4, -0.2) is 105 Å². The van der Waals surface area contributed by atoms with Gasteiger partial charge in [-0.05, 0) is 160 Å². The number of hydrogen-bond acceptors (Lipinski definition) is 10. The van der Waals surface area contributed by atoms with Gasteiger partial charge in [0.15, 0.2) is 0 Å². The number of carbonyl (C=O) groups is 6. The average Bonchev–Trinajstić information content (AvgIpc) is 3.27. The van der Waals surface area contributed by atoms with Gasteiger partial charge in [0.1, 0.15) is 35.9 Å². The molecule has 0 heterocycles. The first-order valence-corrected chi connectivity index (χ1v) is 27.5. The van der Waals surface area contributed by atoms with Crippen molar-refractivity contribution in [2.24, 2.45) is 0 Å². The van der Waals surface area contributed by atoms with Crippen molar-refractivity contribution in [2.75, 3.05) is 29.6 Å². The van der Waals surface area contributed by atoms with Crippen molar-refractivity contribution in [2.45, 2.75) is 184 Å². The first-order valence-electron chi connectivity index (χ1n) is 25.2. The molecule has 6 N–H and O–H groups in total. The van der Waals surface area contributed by atoms with Crippen molar-refractivity contribution < 1.29 is 48.5 Å². The van der Waals surface area contributed by atoms with E-state index in [9.17, 15) is 39.0 Å². The Morgan fingerprint density at radius 2 is 1.05 bits per heavy atom.